The third-order valence-electron chi connectivity index (χ3n) is 19.4. The molecule has 4 aromatic carbocycles. The molecule has 3 heterocycles. The Bertz CT molecular complexity index is 4510. The number of nitrogens with two attached hydrogens (primary N) is 1. The van der Waals surface area contributed by atoms with Crippen LogP contribution in [0.1, 0.15) is 100 Å². The molecule has 2 aromatic heterocycles. The average Bonchev–Trinajstić information content (AvgIpc) is 1.69. The predicted octanol–water partition coefficient (Wildman–Crippen LogP) is -0.806. The number of aromatic hydroxyl groups is 1. The number of alkyl carbamates (subject to hydrolysis) is 1. The van der Waals surface area contributed by atoms with Gasteiger partial charge in [0.05, 0.1) is 50.9 Å². The number of carboxylic acid groups (broad SMARTS) is 2. The molecule has 0 aliphatic carbocycles. The van der Waals surface area contributed by atoms with Crippen LogP contribution in [0.3, 0.4) is 0 Å². The molecule has 115 heavy (non-hydrogen) atoms. The van der Waals surface area contributed by atoms with Gasteiger partial charge >= 0.3 is 18.0 Å². The first-order chi connectivity index (χ1) is 54.5. The number of primary amides is 1. The van der Waals surface area contributed by atoms with Crippen molar-refractivity contribution in [2.45, 2.75) is 177 Å². The van der Waals surface area contributed by atoms with E-state index in [-0.39, 0.29) is 50.0 Å². The molecule has 1 aliphatic rings. The Balaban J connectivity index is 1.05. The van der Waals surface area contributed by atoms with Gasteiger partial charge < -0.3 is 104 Å². The minimum Gasteiger partial charge on any atom is -0.508 e. The topological polar surface area (TPSA) is 561 Å². The quantitative estimate of drug-likeness (QED) is 0.0224. The highest BCUT2D eigenvalue weighted by Crippen LogP contribution is 2.32. The highest BCUT2D eigenvalue weighted by atomic mass is 19.1. The van der Waals surface area contributed by atoms with E-state index in [1.165, 1.54) is 54.8 Å². The zero-order valence-corrected chi connectivity index (χ0v) is 64.1. The molecule has 616 valence electrons. The molecule has 1 saturated heterocycles. The maximum Gasteiger partial charge on any atom is 0.407 e. The number of amides is 12. The third-order valence-corrected chi connectivity index (χ3v) is 19.4. The summed E-state index contributed by atoms with van der Waals surface area (Å²) in [4.78, 5) is 205. The lowest BCUT2D eigenvalue weighted by atomic mass is 9.90. The summed E-state index contributed by atoms with van der Waals surface area (Å²) in [5, 5.41) is 85.7. The molecule has 1 fully saturated rings. The van der Waals surface area contributed by atoms with Crippen LogP contribution in [0.25, 0.3) is 22.4 Å². The predicted molar refractivity (Wildman–Crippen MR) is 408 cm³/mol. The number of aromatic nitrogens is 3. The smallest absolute Gasteiger partial charge is 0.407 e. The second kappa shape index (κ2) is 41.1. The number of benzene rings is 4. The van der Waals surface area contributed by atoms with Crippen molar-refractivity contribution < 1.29 is 107 Å². The number of methoxy groups -OCH3 is 1. The number of phenolic OH excluding ortho intramolecular Hbond substituents is 1. The number of nitrogens with zero attached hydrogens (tertiary/aromatic N) is 3. The Hall–Kier alpha value is -12.8. The zero-order chi connectivity index (χ0) is 84.6. The van der Waals surface area contributed by atoms with Crippen LogP contribution in [-0.4, -0.2) is 232 Å². The fraction of sp³-hybridized carbons (Fsp3) is 0.410. The number of pyridine rings is 1. The lowest BCUT2D eigenvalue weighted by molar-refractivity contribution is -0.146. The van der Waals surface area contributed by atoms with Gasteiger partial charge in [-0.1, -0.05) is 85.8 Å². The van der Waals surface area contributed by atoms with E-state index in [0.29, 0.717) is 34.5 Å². The minimum absolute atomic E-state index is 0.0125. The summed E-state index contributed by atoms with van der Waals surface area (Å²) in [7, 11) is 1.08. The molecule has 0 saturated carbocycles. The fourth-order valence-electron chi connectivity index (χ4n) is 12.9. The molecule has 0 radical (unpaired) electrons. The van der Waals surface area contributed by atoms with Gasteiger partial charge in [0.1, 0.15) is 71.0 Å². The molecule has 7 rings (SSSR count). The van der Waals surface area contributed by atoms with Crippen LogP contribution in [0, 0.1) is 12.7 Å². The van der Waals surface area contributed by atoms with Crippen molar-refractivity contribution in [1.29, 1.82) is 0 Å². The van der Waals surface area contributed by atoms with E-state index in [9.17, 15) is 97.8 Å². The van der Waals surface area contributed by atoms with Gasteiger partial charge in [-0.05, 0) is 124 Å². The van der Waals surface area contributed by atoms with Gasteiger partial charge in [0.25, 0.3) is 0 Å². The number of nitrogens with one attached hydrogen (secondary N) is 11. The van der Waals surface area contributed by atoms with Crippen LogP contribution in [0.5, 0.6) is 5.75 Å². The Morgan fingerprint density at radius 1 is 0.670 bits per heavy atom. The van der Waals surface area contributed by atoms with Crippen molar-refractivity contribution in [3.8, 4) is 28.1 Å². The number of likely N-dealkylation sites (tertiary alicyclic amines) is 1. The number of carbonyl (C=O) groups excluding carboxylic acids is 12. The van der Waals surface area contributed by atoms with E-state index in [1.807, 2.05) is 38.1 Å². The normalized spacial score (nSPS) is 16.2. The van der Waals surface area contributed by atoms with E-state index in [2.05, 4.69) is 68.1 Å². The molecule has 0 unspecified atom stereocenters. The number of hydrogen-bond donors (Lipinski definition) is 18. The van der Waals surface area contributed by atoms with Crippen molar-refractivity contribution in [2.24, 2.45) is 5.73 Å². The van der Waals surface area contributed by atoms with E-state index >= 15 is 4.39 Å². The number of aliphatic hydroxyl groups is 3. The molecule has 12 amide bonds. The fourth-order valence-corrected chi connectivity index (χ4v) is 12.9. The third kappa shape index (κ3) is 24.9. The van der Waals surface area contributed by atoms with Gasteiger partial charge in [0.2, 0.25) is 65.0 Å². The van der Waals surface area contributed by atoms with E-state index < -0.39 is 199 Å². The molecule has 36 nitrogen and oxygen atoms in total. The first kappa shape index (κ1) is 89.4. The molecule has 1 aliphatic heterocycles. The van der Waals surface area contributed by atoms with Crippen LogP contribution in [0.2, 0.25) is 0 Å². The summed E-state index contributed by atoms with van der Waals surface area (Å²) in [6.07, 6.45) is -3.45. The number of ether oxygens (including phenoxy) is 1. The number of aliphatic carboxylic acids is 2. The molecule has 6 aromatic rings. The van der Waals surface area contributed by atoms with E-state index in [0.717, 1.165) is 56.2 Å². The van der Waals surface area contributed by atoms with Gasteiger partial charge in [0.15, 0.2) is 0 Å². The van der Waals surface area contributed by atoms with Crippen molar-refractivity contribution in [3.05, 3.63) is 161 Å². The number of halogens is 1. The van der Waals surface area contributed by atoms with Crippen LogP contribution in [0.4, 0.5) is 9.18 Å². The minimum atomic E-state index is -2.45. The second-order valence-corrected chi connectivity index (χ2v) is 28.2. The maximum absolute atomic E-state index is 15.6. The highest BCUT2D eigenvalue weighted by Gasteiger charge is 2.49. The maximum atomic E-state index is 15.6. The second-order valence-electron chi connectivity index (χ2n) is 28.2. The number of carboxylic acids is 2. The van der Waals surface area contributed by atoms with Gasteiger partial charge in [-0.25, -0.2) is 14.2 Å². The van der Waals surface area contributed by atoms with Crippen LogP contribution in [-0.2, 0) is 99.2 Å². The summed E-state index contributed by atoms with van der Waals surface area (Å²) in [5.74, 6) is -16.8. The van der Waals surface area contributed by atoms with E-state index in [1.54, 1.807) is 48.5 Å². The Labute approximate surface area is 659 Å². The molecule has 12 atom stereocenters. The Morgan fingerprint density at radius 3 is 1.90 bits per heavy atom. The lowest BCUT2D eigenvalue weighted by Gasteiger charge is -2.37. The molecule has 0 spiro atoms. The number of hydrogen-bond acceptors (Lipinski definition) is 21. The number of aromatic amines is 1. The number of rotatable bonds is 40. The number of aliphatic hydroxyl groups excluding tert-OH is 3. The van der Waals surface area contributed by atoms with Crippen LogP contribution in [0.15, 0.2) is 122 Å². The molecule has 37 heteroatoms. The van der Waals surface area contributed by atoms with Gasteiger partial charge in [-0.3, -0.25) is 67.3 Å². The van der Waals surface area contributed by atoms with Crippen molar-refractivity contribution in [1.82, 2.24) is 73.0 Å². The number of aryl methyl sites for hydroxylation is 2. The summed E-state index contributed by atoms with van der Waals surface area (Å²) in [5.41, 5.74) is 7.50. The van der Waals surface area contributed by atoms with Crippen LogP contribution >= 0.6 is 0 Å². The number of H-pyrrole nitrogens is 1. The average molecular weight is 1600 g/mol. The SMILES string of the molecule is CCc1cc(O)ccc1-c1ccc(C[C@H](NC(=O)[C@H](CC(=O)O)NC(=O)[C@H](CO)NC(=O)[C@@H](NC(=O)[C@](C)(Cc2ccccc2F)NC(=O)[C@@H](NC(=O)CNC(=O)[C@H](CCC(=O)O)NC(=O)[C@@]2(C)CCCN2C(=O)[C@H](Cc2cnc[nH]2)NC(=O)OC)[C@@H](C)O)[C@@H](C)O)C(=O)N[C@@H](Cc2ccc(-c3ccccc3C)nc2)C(N)=O)cc1. The summed E-state index contributed by atoms with van der Waals surface area (Å²) in [6, 6.07) is 12.8. The first-order valence-corrected chi connectivity index (χ1v) is 36.7. The summed E-state index contributed by atoms with van der Waals surface area (Å²) in [6.45, 7) is 5.94. The zero-order valence-electron chi connectivity index (χ0n) is 64.1. The Morgan fingerprint density at radius 2 is 1.30 bits per heavy atom. The summed E-state index contributed by atoms with van der Waals surface area (Å²) >= 11 is 0. The lowest BCUT2D eigenvalue weighted by Crippen LogP contribution is -2.67. The highest BCUT2D eigenvalue weighted by molar-refractivity contribution is 6.01. The molecule has 0 bridgehead atoms. The van der Waals surface area contributed by atoms with Gasteiger partial charge in [-0.2, -0.15) is 0 Å². The molecule has 19 N–H and O–H groups in total. The van der Waals surface area contributed by atoms with Crippen molar-refractivity contribution in [3.63, 3.8) is 0 Å². The molecular formula is C78H96FN15O21. The van der Waals surface area contributed by atoms with Crippen molar-refractivity contribution >= 4 is 83.0 Å². The van der Waals surface area contributed by atoms with Gasteiger partial charge in [0, 0.05) is 62.3 Å². The number of phenols is 1. The number of carbonyl (C=O) groups is 14. The first-order valence-electron chi connectivity index (χ1n) is 36.7. The van der Waals surface area contributed by atoms with Crippen LogP contribution < -0.4 is 58.9 Å². The standard InChI is InChI=1S/C78H96FN15O21/c1-8-46-32-50(98)23-24-52(46)47-21-18-44(19-22-47)30-57(68(106)85-56(66(80)104)31-45-20-25-54(82-36-45)51-16-11-9-14-41(51)2)86-69(107)58(34-63(102)103)87-70(108)60(39-95)88-71(109)64(42(3)96)92-74(112)77(5,35-48-15-10-12-17-53(48)79)93-72(110)65(43(4)97)91-61(99)38-83-67(105)55(26-27-62(100)101)89-75(113)78(6)28-13-29-94(78)73(111)59(90-76(114)115-7)33-49-37-81-40-84-49/h9-12,14-25,32,36-37,40,42-43,55-60,64-65,95-98H,8,13,26-31,33-35,38-39H2,1-7H3,(H2,80,104)(H,81,84)(H,83,105)(H,85,106)(H,86,107)(H,87,108)(H,88,109)(H,89,113)(H,90,114)(H,91,99)(H,92,112)(H,93,110)(H,100,101)(H,102,103)/t42-,43-,55+,56+,57+,58+,59+,60+,64+,65+,77+,78-/m1/s1. The van der Waals surface area contributed by atoms with Crippen molar-refractivity contribution in [2.75, 3.05) is 26.8 Å². The monoisotopic (exact) mass is 1600 g/mol. The van der Waals surface area contributed by atoms with Gasteiger partial charge in [-0.15, -0.1) is 0 Å². The molecular weight excluding hydrogens is 1500 g/mol. The number of imidazole rings is 1. The largest absolute Gasteiger partial charge is 0.508 e. The summed E-state index contributed by atoms with van der Waals surface area (Å²) < 4.78 is 20.3. The van der Waals surface area contributed by atoms with E-state index in [4.69, 9.17) is 10.5 Å². The Kier molecular flexibility index (Phi) is 32.0.